The highest BCUT2D eigenvalue weighted by atomic mass is 32.1. The van der Waals surface area contributed by atoms with E-state index in [0.717, 1.165) is 19.6 Å². The topological polar surface area (TPSA) is 42.7 Å². The van der Waals surface area contributed by atoms with Gasteiger partial charge in [-0.15, -0.1) is 11.3 Å². The lowest BCUT2D eigenvalue weighted by atomic mass is 10.2. The molecular formula is C13H20N4S. The quantitative estimate of drug-likeness (QED) is 0.871. The smallest absolute Gasteiger partial charge is 0.0794 e. The maximum absolute atomic E-state index is 4.44. The fourth-order valence-corrected chi connectivity index (χ4v) is 2.36. The SMILES string of the molecule is Cc1c(CNCC(C)C)cnn1Cc1cncs1. The molecule has 2 aromatic rings. The lowest BCUT2D eigenvalue weighted by molar-refractivity contribution is 0.551. The Morgan fingerprint density at radius 2 is 2.22 bits per heavy atom. The summed E-state index contributed by atoms with van der Waals surface area (Å²) in [5.41, 5.74) is 4.37. The molecule has 2 aromatic heterocycles. The first-order chi connectivity index (χ1) is 8.66. The predicted octanol–water partition coefficient (Wildman–Crippen LogP) is 2.44. The summed E-state index contributed by atoms with van der Waals surface area (Å²) in [4.78, 5) is 5.33. The van der Waals surface area contributed by atoms with Crippen LogP contribution in [0.2, 0.25) is 0 Å². The van der Waals surface area contributed by atoms with Crippen LogP contribution in [0.1, 0.15) is 30.0 Å². The van der Waals surface area contributed by atoms with Gasteiger partial charge < -0.3 is 5.32 Å². The molecule has 5 heteroatoms. The van der Waals surface area contributed by atoms with Gasteiger partial charge in [-0.1, -0.05) is 13.8 Å². The zero-order valence-corrected chi connectivity index (χ0v) is 12.0. The van der Waals surface area contributed by atoms with Gasteiger partial charge >= 0.3 is 0 Å². The van der Waals surface area contributed by atoms with E-state index in [-0.39, 0.29) is 0 Å². The average molecular weight is 264 g/mol. The van der Waals surface area contributed by atoms with Gasteiger partial charge in [0.25, 0.3) is 0 Å². The summed E-state index contributed by atoms with van der Waals surface area (Å²) in [7, 11) is 0. The van der Waals surface area contributed by atoms with Crippen molar-refractivity contribution in [1.82, 2.24) is 20.1 Å². The molecule has 1 N–H and O–H groups in total. The molecule has 0 unspecified atom stereocenters. The first kappa shape index (κ1) is 13.2. The van der Waals surface area contributed by atoms with Crippen LogP contribution in [0.5, 0.6) is 0 Å². The Morgan fingerprint density at radius 3 is 2.89 bits per heavy atom. The van der Waals surface area contributed by atoms with Gasteiger partial charge in [-0.25, -0.2) is 0 Å². The number of hydrogen-bond acceptors (Lipinski definition) is 4. The molecule has 0 aliphatic carbocycles. The van der Waals surface area contributed by atoms with Crippen molar-refractivity contribution in [3.05, 3.63) is 34.0 Å². The van der Waals surface area contributed by atoms with E-state index in [4.69, 9.17) is 0 Å². The molecule has 0 aliphatic rings. The van der Waals surface area contributed by atoms with E-state index in [0.29, 0.717) is 5.92 Å². The van der Waals surface area contributed by atoms with E-state index >= 15 is 0 Å². The minimum Gasteiger partial charge on any atom is -0.312 e. The molecule has 2 heterocycles. The third-order valence-electron chi connectivity index (χ3n) is 2.86. The standard InChI is InChI=1S/C13H20N4S/c1-10(2)4-14-5-12-6-16-17(11(12)3)8-13-7-15-9-18-13/h6-7,9-10,14H,4-5,8H2,1-3H3. The molecule has 98 valence electrons. The summed E-state index contributed by atoms with van der Waals surface area (Å²) in [5, 5.41) is 7.89. The number of thiazole rings is 1. The van der Waals surface area contributed by atoms with E-state index in [1.165, 1.54) is 16.1 Å². The maximum atomic E-state index is 4.44. The number of rotatable bonds is 6. The molecule has 0 aromatic carbocycles. The molecule has 0 aliphatic heterocycles. The van der Waals surface area contributed by atoms with Crippen molar-refractivity contribution in [3.63, 3.8) is 0 Å². The van der Waals surface area contributed by atoms with Crippen molar-refractivity contribution in [2.75, 3.05) is 6.54 Å². The van der Waals surface area contributed by atoms with Crippen LogP contribution in [0.3, 0.4) is 0 Å². The Labute approximate surface area is 112 Å². The van der Waals surface area contributed by atoms with Gasteiger partial charge in [-0.2, -0.15) is 5.10 Å². The van der Waals surface area contributed by atoms with Gasteiger partial charge in [0.15, 0.2) is 0 Å². The summed E-state index contributed by atoms with van der Waals surface area (Å²) in [6.45, 7) is 9.31. The van der Waals surface area contributed by atoms with Crippen LogP contribution in [0.4, 0.5) is 0 Å². The Hall–Kier alpha value is -1.20. The second-order valence-electron chi connectivity index (χ2n) is 4.91. The summed E-state index contributed by atoms with van der Waals surface area (Å²) >= 11 is 1.67. The Bertz CT molecular complexity index is 473. The summed E-state index contributed by atoms with van der Waals surface area (Å²) in [6.07, 6.45) is 3.87. The van der Waals surface area contributed by atoms with Gasteiger partial charge in [-0.05, 0) is 19.4 Å². The number of nitrogens with zero attached hydrogens (tertiary/aromatic N) is 3. The normalized spacial score (nSPS) is 11.3. The second kappa shape index (κ2) is 6.11. The van der Waals surface area contributed by atoms with Crippen molar-refractivity contribution >= 4 is 11.3 Å². The Balaban J connectivity index is 1.95. The van der Waals surface area contributed by atoms with E-state index in [1.54, 1.807) is 11.3 Å². The highest BCUT2D eigenvalue weighted by Gasteiger charge is 2.07. The van der Waals surface area contributed by atoms with E-state index in [1.807, 2.05) is 22.6 Å². The zero-order chi connectivity index (χ0) is 13.0. The molecule has 2 rings (SSSR count). The number of nitrogens with one attached hydrogen (secondary N) is 1. The first-order valence-electron chi connectivity index (χ1n) is 6.26. The Kier molecular flexibility index (Phi) is 4.49. The minimum atomic E-state index is 0.678. The zero-order valence-electron chi connectivity index (χ0n) is 11.2. The molecule has 18 heavy (non-hydrogen) atoms. The molecule has 0 fully saturated rings. The van der Waals surface area contributed by atoms with E-state index < -0.39 is 0 Å². The molecule has 0 radical (unpaired) electrons. The summed E-state index contributed by atoms with van der Waals surface area (Å²) in [6, 6.07) is 0. The molecule has 0 atom stereocenters. The molecule has 0 amide bonds. The van der Waals surface area contributed by atoms with Gasteiger partial charge in [0.05, 0.1) is 18.3 Å². The van der Waals surface area contributed by atoms with Gasteiger partial charge in [0, 0.05) is 28.9 Å². The number of aromatic nitrogens is 3. The van der Waals surface area contributed by atoms with Crippen LogP contribution >= 0.6 is 11.3 Å². The fourth-order valence-electron chi connectivity index (χ4n) is 1.78. The molecule has 0 bridgehead atoms. The van der Waals surface area contributed by atoms with Crippen LogP contribution < -0.4 is 5.32 Å². The van der Waals surface area contributed by atoms with Crippen LogP contribution in [0.25, 0.3) is 0 Å². The molecule has 0 saturated carbocycles. The van der Waals surface area contributed by atoms with E-state index in [2.05, 4.69) is 36.2 Å². The fraction of sp³-hybridized carbons (Fsp3) is 0.538. The maximum Gasteiger partial charge on any atom is 0.0794 e. The Morgan fingerprint density at radius 1 is 1.39 bits per heavy atom. The number of hydrogen-bond donors (Lipinski definition) is 1. The van der Waals surface area contributed by atoms with Gasteiger partial charge in [-0.3, -0.25) is 9.67 Å². The van der Waals surface area contributed by atoms with Crippen LogP contribution in [0, 0.1) is 12.8 Å². The molecule has 0 spiro atoms. The minimum absolute atomic E-state index is 0.678. The van der Waals surface area contributed by atoms with Crippen LogP contribution in [-0.2, 0) is 13.1 Å². The second-order valence-corrected chi connectivity index (χ2v) is 5.88. The van der Waals surface area contributed by atoms with Crippen molar-refractivity contribution in [2.45, 2.75) is 33.9 Å². The van der Waals surface area contributed by atoms with Crippen molar-refractivity contribution in [1.29, 1.82) is 0 Å². The van der Waals surface area contributed by atoms with Crippen molar-refractivity contribution in [3.8, 4) is 0 Å². The monoisotopic (exact) mass is 264 g/mol. The highest BCUT2D eigenvalue weighted by molar-refractivity contribution is 7.09. The third-order valence-corrected chi connectivity index (χ3v) is 3.63. The average Bonchev–Trinajstić information content (AvgIpc) is 2.93. The van der Waals surface area contributed by atoms with Crippen molar-refractivity contribution in [2.24, 2.45) is 5.92 Å². The summed E-state index contributed by atoms with van der Waals surface area (Å²) in [5.74, 6) is 0.678. The molecular weight excluding hydrogens is 244 g/mol. The van der Waals surface area contributed by atoms with E-state index in [9.17, 15) is 0 Å². The van der Waals surface area contributed by atoms with Crippen molar-refractivity contribution < 1.29 is 0 Å². The summed E-state index contributed by atoms with van der Waals surface area (Å²) < 4.78 is 2.04. The first-order valence-corrected chi connectivity index (χ1v) is 7.14. The molecule has 4 nitrogen and oxygen atoms in total. The van der Waals surface area contributed by atoms with Gasteiger partial charge in [0.1, 0.15) is 0 Å². The van der Waals surface area contributed by atoms with Gasteiger partial charge in [0.2, 0.25) is 0 Å². The van der Waals surface area contributed by atoms with Crippen LogP contribution in [-0.4, -0.2) is 21.3 Å². The van der Waals surface area contributed by atoms with Crippen LogP contribution in [0.15, 0.2) is 17.9 Å². The lowest BCUT2D eigenvalue weighted by Crippen LogP contribution is -2.19. The molecule has 0 saturated heterocycles. The largest absolute Gasteiger partial charge is 0.312 e. The lowest BCUT2D eigenvalue weighted by Gasteiger charge is -2.07. The predicted molar refractivity (Wildman–Crippen MR) is 74.7 cm³/mol. The third kappa shape index (κ3) is 3.40. The highest BCUT2D eigenvalue weighted by Crippen LogP contribution is 2.12.